The van der Waals surface area contributed by atoms with Gasteiger partial charge in [0.05, 0.1) is 6.61 Å². The molecule has 0 fully saturated rings. The van der Waals surface area contributed by atoms with Crippen molar-refractivity contribution < 1.29 is 10.2 Å². The first-order valence-electron chi connectivity index (χ1n) is 2.49. The molecule has 0 rings (SSSR count). The highest BCUT2D eigenvalue weighted by Gasteiger charge is 2.18. The van der Waals surface area contributed by atoms with Crippen molar-refractivity contribution in [3.8, 4) is 12.3 Å². The minimum Gasteiger partial charge on any atom is -0.392 e. The minimum absolute atomic E-state index is 0.361. The van der Waals surface area contributed by atoms with Gasteiger partial charge in [-0.15, -0.1) is 6.42 Å². The summed E-state index contributed by atoms with van der Waals surface area (Å²) in [4.78, 5) is 0. The fourth-order valence-electron chi connectivity index (χ4n) is 0.260. The van der Waals surface area contributed by atoms with Gasteiger partial charge in [0, 0.05) is 0 Å². The number of hydrogen-bond acceptors (Lipinski definition) is 2. The molecule has 0 saturated carbocycles. The van der Waals surface area contributed by atoms with Crippen LogP contribution in [0.2, 0.25) is 0 Å². The van der Waals surface area contributed by atoms with E-state index in [4.69, 9.17) is 16.6 Å². The van der Waals surface area contributed by atoms with Gasteiger partial charge in [0.15, 0.2) is 0 Å². The molecular formula is C6H10O2. The Labute approximate surface area is 49.2 Å². The molecule has 0 heterocycles. The van der Waals surface area contributed by atoms with Gasteiger partial charge < -0.3 is 10.2 Å². The lowest BCUT2D eigenvalue weighted by molar-refractivity contribution is 0.0330. The van der Waals surface area contributed by atoms with E-state index in [0.29, 0.717) is 6.42 Å². The second-order valence-corrected chi connectivity index (χ2v) is 1.69. The van der Waals surface area contributed by atoms with Gasteiger partial charge in [-0.2, -0.15) is 0 Å². The van der Waals surface area contributed by atoms with Crippen molar-refractivity contribution in [2.45, 2.75) is 18.9 Å². The average molecular weight is 114 g/mol. The van der Waals surface area contributed by atoms with Crippen LogP contribution >= 0.6 is 0 Å². The van der Waals surface area contributed by atoms with Crippen LogP contribution in [0.3, 0.4) is 0 Å². The monoisotopic (exact) mass is 114 g/mol. The van der Waals surface area contributed by atoms with Gasteiger partial charge in [0.25, 0.3) is 0 Å². The molecule has 2 N–H and O–H groups in total. The quantitative estimate of drug-likeness (QED) is 0.486. The molecule has 2 nitrogen and oxygen atoms in total. The SMILES string of the molecule is C#CC(O)(CC)CO. The van der Waals surface area contributed by atoms with Gasteiger partial charge in [-0.25, -0.2) is 0 Å². The number of terminal acetylenes is 1. The zero-order valence-electron chi connectivity index (χ0n) is 4.89. The molecule has 0 amide bonds. The van der Waals surface area contributed by atoms with E-state index in [1.807, 2.05) is 0 Å². The van der Waals surface area contributed by atoms with Crippen molar-refractivity contribution in [1.82, 2.24) is 0 Å². The lowest BCUT2D eigenvalue weighted by Crippen LogP contribution is -2.29. The van der Waals surface area contributed by atoms with E-state index in [-0.39, 0.29) is 6.61 Å². The van der Waals surface area contributed by atoms with E-state index in [2.05, 4.69) is 5.92 Å². The van der Waals surface area contributed by atoms with Gasteiger partial charge in [-0.05, 0) is 6.42 Å². The predicted octanol–water partition coefficient (Wildman–Crippen LogP) is -0.247. The molecule has 2 heteroatoms. The third-order valence-corrected chi connectivity index (χ3v) is 1.12. The van der Waals surface area contributed by atoms with Crippen LogP contribution in [0.4, 0.5) is 0 Å². The molecule has 0 aromatic rings. The van der Waals surface area contributed by atoms with E-state index in [0.717, 1.165) is 0 Å². The van der Waals surface area contributed by atoms with E-state index in [1.54, 1.807) is 6.92 Å². The molecule has 0 aromatic heterocycles. The third-order valence-electron chi connectivity index (χ3n) is 1.12. The second kappa shape index (κ2) is 2.71. The maximum atomic E-state index is 8.95. The van der Waals surface area contributed by atoms with Crippen molar-refractivity contribution in [2.75, 3.05) is 6.61 Å². The molecule has 0 radical (unpaired) electrons. The Morgan fingerprint density at radius 2 is 2.25 bits per heavy atom. The number of hydrogen-bond donors (Lipinski definition) is 2. The van der Waals surface area contributed by atoms with Crippen LogP contribution in [-0.2, 0) is 0 Å². The predicted molar refractivity (Wildman–Crippen MR) is 31.2 cm³/mol. The van der Waals surface area contributed by atoms with Crippen LogP contribution in [0.5, 0.6) is 0 Å². The lowest BCUT2D eigenvalue weighted by Gasteiger charge is -2.15. The first kappa shape index (κ1) is 7.48. The number of aliphatic hydroxyl groups is 2. The summed E-state index contributed by atoms with van der Waals surface area (Å²) in [5, 5.41) is 17.3. The van der Waals surface area contributed by atoms with Crippen LogP contribution in [0, 0.1) is 12.3 Å². The third kappa shape index (κ3) is 1.53. The molecule has 0 bridgehead atoms. The Hall–Kier alpha value is -0.520. The van der Waals surface area contributed by atoms with Gasteiger partial charge in [0.2, 0.25) is 0 Å². The van der Waals surface area contributed by atoms with E-state index < -0.39 is 5.60 Å². The Bertz CT molecular complexity index is 97.6. The van der Waals surface area contributed by atoms with Crippen molar-refractivity contribution in [3.63, 3.8) is 0 Å². The van der Waals surface area contributed by atoms with Gasteiger partial charge >= 0.3 is 0 Å². The summed E-state index contributed by atoms with van der Waals surface area (Å²) in [6, 6.07) is 0. The summed E-state index contributed by atoms with van der Waals surface area (Å²) >= 11 is 0. The van der Waals surface area contributed by atoms with Crippen LogP contribution in [0.25, 0.3) is 0 Å². The summed E-state index contributed by atoms with van der Waals surface area (Å²) in [6.45, 7) is 1.36. The fraction of sp³-hybridized carbons (Fsp3) is 0.667. The van der Waals surface area contributed by atoms with E-state index >= 15 is 0 Å². The molecule has 46 valence electrons. The van der Waals surface area contributed by atoms with Crippen molar-refractivity contribution >= 4 is 0 Å². The molecule has 0 aromatic carbocycles. The molecule has 1 atom stereocenters. The van der Waals surface area contributed by atoms with Crippen LogP contribution < -0.4 is 0 Å². The summed E-state index contributed by atoms with van der Waals surface area (Å²) in [7, 11) is 0. The van der Waals surface area contributed by atoms with Gasteiger partial charge in [-0.1, -0.05) is 12.8 Å². The molecule has 0 saturated heterocycles. The zero-order valence-corrected chi connectivity index (χ0v) is 4.89. The molecular weight excluding hydrogens is 104 g/mol. The normalized spacial score (nSPS) is 16.8. The standard InChI is InChI=1S/C6H10O2/c1-3-6(8,4-2)5-7/h1,7-8H,4-5H2,2H3. The van der Waals surface area contributed by atoms with E-state index in [9.17, 15) is 0 Å². The van der Waals surface area contributed by atoms with Crippen molar-refractivity contribution in [1.29, 1.82) is 0 Å². The molecule has 0 aliphatic heterocycles. The first-order chi connectivity index (χ1) is 3.68. The van der Waals surface area contributed by atoms with Crippen LogP contribution in [0.1, 0.15) is 13.3 Å². The minimum atomic E-state index is -1.29. The topological polar surface area (TPSA) is 40.5 Å². The molecule has 0 spiro atoms. The summed E-state index contributed by atoms with van der Waals surface area (Å²) in [5.41, 5.74) is -1.29. The number of aliphatic hydroxyl groups excluding tert-OH is 1. The Morgan fingerprint density at radius 3 is 2.25 bits per heavy atom. The Morgan fingerprint density at radius 1 is 1.75 bits per heavy atom. The molecule has 0 aliphatic rings. The lowest BCUT2D eigenvalue weighted by atomic mass is 10.0. The maximum Gasteiger partial charge on any atom is 0.147 e. The highest BCUT2D eigenvalue weighted by molar-refractivity contribution is 5.06. The van der Waals surface area contributed by atoms with Crippen molar-refractivity contribution in [3.05, 3.63) is 0 Å². The Kier molecular flexibility index (Phi) is 2.53. The second-order valence-electron chi connectivity index (χ2n) is 1.69. The largest absolute Gasteiger partial charge is 0.392 e. The zero-order chi connectivity index (χ0) is 6.62. The number of rotatable bonds is 2. The molecule has 8 heavy (non-hydrogen) atoms. The summed E-state index contributed by atoms with van der Waals surface area (Å²) < 4.78 is 0. The maximum absolute atomic E-state index is 8.95. The fourth-order valence-corrected chi connectivity index (χ4v) is 0.260. The van der Waals surface area contributed by atoms with E-state index in [1.165, 1.54) is 0 Å². The summed E-state index contributed by atoms with van der Waals surface area (Å²) in [5.74, 6) is 2.08. The molecule has 0 aliphatic carbocycles. The average Bonchev–Trinajstić information content (AvgIpc) is 1.87. The van der Waals surface area contributed by atoms with Crippen LogP contribution in [-0.4, -0.2) is 22.4 Å². The summed E-state index contributed by atoms with van der Waals surface area (Å²) in [6.07, 6.45) is 5.26. The van der Waals surface area contributed by atoms with Gasteiger partial charge in [-0.3, -0.25) is 0 Å². The van der Waals surface area contributed by atoms with Gasteiger partial charge in [0.1, 0.15) is 5.60 Å². The molecule has 1 unspecified atom stereocenters. The smallest absolute Gasteiger partial charge is 0.147 e. The highest BCUT2D eigenvalue weighted by Crippen LogP contribution is 2.04. The van der Waals surface area contributed by atoms with Crippen molar-refractivity contribution in [2.24, 2.45) is 0 Å². The van der Waals surface area contributed by atoms with Crippen LogP contribution in [0.15, 0.2) is 0 Å². The first-order valence-corrected chi connectivity index (χ1v) is 2.49. The highest BCUT2D eigenvalue weighted by atomic mass is 16.3. The Balaban J connectivity index is 3.83.